The number of ether oxygens (including phenoxy) is 1. The molecule has 1 fully saturated rings. The third kappa shape index (κ3) is 1.80. The molecule has 0 unspecified atom stereocenters. The van der Waals surface area contributed by atoms with Gasteiger partial charge in [0.05, 0.1) is 0 Å². The van der Waals surface area contributed by atoms with Crippen molar-refractivity contribution in [1.82, 2.24) is 4.57 Å². The van der Waals surface area contributed by atoms with Gasteiger partial charge in [0.1, 0.15) is 6.73 Å². The molecule has 0 saturated heterocycles. The average molecular weight is 179 g/mol. The fraction of sp³-hybridized carbons (Fsp3) is 0.500. The van der Waals surface area contributed by atoms with Crippen LogP contribution in [0.1, 0.15) is 23.2 Å². The van der Waals surface area contributed by atoms with Crippen molar-refractivity contribution in [2.45, 2.75) is 19.6 Å². The summed E-state index contributed by atoms with van der Waals surface area (Å²) in [4.78, 5) is 11.6. The van der Waals surface area contributed by atoms with E-state index in [-0.39, 0.29) is 5.78 Å². The molecule has 3 heteroatoms. The minimum Gasteiger partial charge on any atom is -0.364 e. The van der Waals surface area contributed by atoms with Crippen molar-refractivity contribution >= 4 is 5.78 Å². The van der Waals surface area contributed by atoms with Gasteiger partial charge in [0.15, 0.2) is 5.78 Å². The van der Waals surface area contributed by atoms with E-state index < -0.39 is 0 Å². The van der Waals surface area contributed by atoms with E-state index in [0.29, 0.717) is 12.6 Å². The first-order valence-electron chi connectivity index (χ1n) is 4.50. The first-order chi connectivity index (χ1) is 6.31. The van der Waals surface area contributed by atoms with Crippen LogP contribution in [-0.4, -0.2) is 17.5 Å². The number of methoxy groups -OCH3 is 1. The first kappa shape index (κ1) is 8.51. The standard InChI is InChI=1S/C10H13NO2/c1-13-7-11-5-4-9(6-11)10(12)8-2-3-8/h4-6,8H,2-3,7H2,1H3. The lowest BCUT2D eigenvalue weighted by molar-refractivity contribution is 0.0966. The van der Waals surface area contributed by atoms with Crippen LogP contribution in [0.3, 0.4) is 0 Å². The Morgan fingerprint density at radius 3 is 3.08 bits per heavy atom. The van der Waals surface area contributed by atoms with Crippen LogP contribution in [0.15, 0.2) is 18.5 Å². The van der Waals surface area contributed by atoms with E-state index in [2.05, 4.69) is 0 Å². The van der Waals surface area contributed by atoms with Crippen molar-refractivity contribution in [2.75, 3.05) is 7.11 Å². The SMILES string of the molecule is COCn1ccc(C(=O)C2CC2)c1. The maximum absolute atomic E-state index is 11.6. The molecule has 0 spiro atoms. The quantitative estimate of drug-likeness (QED) is 0.658. The van der Waals surface area contributed by atoms with E-state index in [1.54, 1.807) is 7.11 Å². The smallest absolute Gasteiger partial charge is 0.167 e. The molecule has 2 rings (SSSR count). The molecule has 1 aliphatic rings. The highest BCUT2D eigenvalue weighted by molar-refractivity contribution is 5.99. The van der Waals surface area contributed by atoms with Crippen LogP contribution in [0.25, 0.3) is 0 Å². The zero-order valence-electron chi connectivity index (χ0n) is 7.69. The molecule has 70 valence electrons. The minimum atomic E-state index is 0.287. The number of carbonyl (C=O) groups excluding carboxylic acids is 1. The molecular formula is C10H13NO2. The second-order valence-corrected chi connectivity index (χ2v) is 3.47. The molecule has 0 amide bonds. The summed E-state index contributed by atoms with van der Waals surface area (Å²) in [7, 11) is 1.64. The molecule has 1 aliphatic carbocycles. The van der Waals surface area contributed by atoms with Crippen molar-refractivity contribution in [3.8, 4) is 0 Å². The second-order valence-electron chi connectivity index (χ2n) is 3.47. The predicted octanol–water partition coefficient (Wildman–Crippen LogP) is 1.68. The summed E-state index contributed by atoms with van der Waals surface area (Å²) in [5.41, 5.74) is 0.819. The zero-order chi connectivity index (χ0) is 9.26. The molecule has 13 heavy (non-hydrogen) atoms. The summed E-state index contributed by atoms with van der Waals surface area (Å²) in [5, 5.41) is 0. The van der Waals surface area contributed by atoms with Gasteiger partial charge in [0.25, 0.3) is 0 Å². The molecule has 1 aromatic heterocycles. The maximum atomic E-state index is 11.6. The molecule has 0 atom stereocenters. The van der Waals surface area contributed by atoms with Crippen LogP contribution < -0.4 is 0 Å². The average Bonchev–Trinajstić information content (AvgIpc) is 2.87. The number of Topliss-reactive ketones (excluding diaryl/α,β-unsaturated/α-hetero) is 1. The Labute approximate surface area is 77.3 Å². The van der Waals surface area contributed by atoms with Gasteiger partial charge in [-0.2, -0.15) is 0 Å². The normalized spacial score (nSPS) is 16.1. The lowest BCUT2D eigenvalue weighted by atomic mass is 10.1. The Bertz CT molecular complexity index is 312. The molecule has 1 heterocycles. The Kier molecular flexibility index (Phi) is 2.19. The number of hydrogen-bond donors (Lipinski definition) is 0. The summed E-state index contributed by atoms with van der Waals surface area (Å²) >= 11 is 0. The van der Waals surface area contributed by atoms with Crippen LogP contribution in [-0.2, 0) is 11.5 Å². The Morgan fingerprint density at radius 2 is 2.46 bits per heavy atom. The topological polar surface area (TPSA) is 31.2 Å². The Balaban J connectivity index is 2.07. The lowest BCUT2D eigenvalue weighted by Crippen LogP contribution is -2.00. The van der Waals surface area contributed by atoms with Crippen molar-refractivity contribution in [1.29, 1.82) is 0 Å². The monoisotopic (exact) mass is 179 g/mol. The van der Waals surface area contributed by atoms with Crippen LogP contribution in [0.2, 0.25) is 0 Å². The second kappa shape index (κ2) is 3.34. The molecule has 1 saturated carbocycles. The number of ketones is 1. The number of rotatable bonds is 4. The molecule has 0 bridgehead atoms. The summed E-state index contributed by atoms with van der Waals surface area (Å²) < 4.78 is 6.82. The molecule has 0 aliphatic heterocycles. The van der Waals surface area contributed by atoms with Gasteiger partial charge in [0, 0.05) is 31.0 Å². The van der Waals surface area contributed by atoms with Crippen molar-refractivity contribution in [3.05, 3.63) is 24.0 Å². The van der Waals surface area contributed by atoms with Gasteiger partial charge in [-0.15, -0.1) is 0 Å². The molecular weight excluding hydrogens is 166 g/mol. The minimum absolute atomic E-state index is 0.287. The van der Waals surface area contributed by atoms with Gasteiger partial charge in [-0.3, -0.25) is 4.79 Å². The highest BCUT2D eigenvalue weighted by atomic mass is 16.5. The van der Waals surface area contributed by atoms with Gasteiger partial charge in [-0.1, -0.05) is 0 Å². The van der Waals surface area contributed by atoms with E-state index in [4.69, 9.17) is 4.74 Å². The summed E-state index contributed by atoms with van der Waals surface area (Å²) in [6, 6.07) is 1.86. The number of nitrogens with zero attached hydrogens (tertiary/aromatic N) is 1. The number of carbonyl (C=O) groups is 1. The van der Waals surface area contributed by atoms with E-state index in [1.165, 1.54) is 0 Å². The van der Waals surface area contributed by atoms with Gasteiger partial charge in [0.2, 0.25) is 0 Å². The van der Waals surface area contributed by atoms with E-state index in [9.17, 15) is 4.79 Å². The Hall–Kier alpha value is -1.09. The van der Waals surface area contributed by atoms with Crippen LogP contribution >= 0.6 is 0 Å². The van der Waals surface area contributed by atoms with Crippen molar-refractivity contribution in [2.24, 2.45) is 5.92 Å². The zero-order valence-corrected chi connectivity index (χ0v) is 7.69. The van der Waals surface area contributed by atoms with E-state index >= 15 is 0 Å². The summed E-state index contributed by atoms with van der Waals surface area (Å²) in [6.07, 6.45) is 5.85. The van der Waals surface area contributed by atoms with Gasteiger partial charge in [-0.05, 0) is 18.9 Å². The molecule has 3 nitrogen and oxygen atoms in total. The van der Waals surface area contributed by atoms with Crippen molar-refractivity contribution in [3.63, 3.8) is 0 Å². The summed E-state index contributed by atoms with van der Waals surface area (Å²) in [6.45, 7) is 0.512. The lowest BCUT2D eigenvalue weighted by Gasteiger charge is -1.98. The molecule has 1 aromatic rings. The van der Waals surface area contributed by atoms with Gasteiger partial charge < -0.3 is 9.30 Å². The number of hydrogen-bond acceptors (Lipinski definition) is 2. The molecule has 0 N–H and O–H groups in total. The van der Waals surface area contributed by atoms with Gasteiger partial charge in [-0.25, -0.2) is 0 Å². The third-order valence-electron chi connectivity index (χ3n) is 2.26. The highest BCUT2D eigenvalue weighted by Gasteiger charge is 2.30. The first-order valence-corrected chi connectivity index (χ1v) is 4.50. The predicted molar refractivity (Wildman–Crippen MR) is 48.5 cm³/mol. The van der Waals surface area contributed by atoms with Crippen LogP contribution in [0.4, 0.5) is 0 Å². The van der Waals surface area contributed by atoms with Gasteiger partial charge >= 0.3 is 0 Å². The van der Waals surface area contributed by atoms with Crippen LogP contribution in [0.5, 0.6) is 0 Å². The summed E-state index contributed by atoms with van der Waals surface area (Å²) in [5.74, 6) is 0.591. The maximum Gasteiger partial charge on any atom is 0.167 e. The van der Waals surface area contributed by atoms with Crippen LogP contribution in [0, 0.1) is 5.92 Å². The highest BCUT2D eigenvalue weighted by Crippen LogP contribution is 2.32. The fourth-order valence-corrected chi connectivity index (χ4v) is 1.40. The molecule has 0 aromatic carbocycles. The third-order valence-corrected chi connectivity index (χ3v) is 2.26. The van der Waals surface area contributed by atoms with Crippen molar-refractivity contribution < 1.29 is 9.53 Å². The van der Waals surface area contributed by atoms with E-state index in [1.807, 2.05) is 23.0 Å². The number of aromatic nitrogens is 1. The molecule has 0 radical (unpaired) electrons. The Morgan fingerprint density at radius 1 is 1.69 bits per heavy atom. The fourth-order valence-electron chi connectivity index (χ4n) is 1.40. The largest absolute Gasteiger partial charge is 0.364 e. The van der Waals surface area contributed by atoms with E-state index in [0.717, 1.165) is 18.4 Å².